The number of carbonyl (C=O) groups is 2. The number of hydrogen-bond donors (Lipinski definition) is 0. The second kappa shape index (κ2) is 4.61. The third-order valence-electron chi connectivity index (χ3n) is 2.17. The molecule has 2 rings (SSSR count). The first-order chi connectivity index (χ1) is 7.77. The van der Waals surface area contributed by atoms with Crippen molar-refractivity contribution in [3.05, 3.63) is 48.3 Å². The summed E-state index contributed by atoms with van der Waals surface area (Å²) in [5.74, 6) is 0.217. The van der Waals surface area contributed by atoms with E-state index in [1.807, 2.05) is 0 Å². The van der Waals surface area contributed by atoms with E-state index in [1.165, 1.54) is 12.5 Å². The highest BCUT2D eigenvalue weighted by Gasteiger charge is 2.14. The Morgan fingerprint density at radius 3 is 1.62 bits per heavy atom. The van der Waals surface area contributed by atoms with E-state index in [9.17, 15) is 9.59 Å². The van der Waals surface area contributed by atoms with Crippen LogP contribution in [0.4, 0.5) is 0 Å². The predicted molar refractivity (Wildman–Crippen MR) is 55.3 cm³/mol. The van der Waals surface area contributed by atoms with Crippen molar-refractivity contribution >= 4 is 11.6 Å². The summed E-state index contributed by atoms with van der Waals surface area (Å²) in [5.41, 5.74) is 0. The van der Waals surface area contributed by atoms with Crippen LogP contribution >= 0.6 is 0 Å². The van der Waals surface area contributed by atoms with Crippen molar-refractivity contribution in [2.75, 3.05) is 0 Å². The van der Waals surface area contributed by atoms with Crippen molar-refractivity contribution in [3.8, 4) is 0 Å². The molecule has 0 saturated heterocycles. The first-order valence-electron chi connectivity index (χ1n) is 4.91. The summed E-state index contributed by atoms with van der Waals surface area (Å²) in [5, 5.41) is 0. The maximum atomic E-state index is 11.5. The molecular weight excluding hydrogens is 208 g/mol. The SMILES string of the molecule is O=C(CCC(=O)c1ccco1)c1ccco1. The lowest BCUT2D eigenvalue weighted by molar-refractivity contribution is 0.0889. The largest absolute Gasteiger partial charge is 0.461 e. The fraction of sp³-hybridized carbons (Fsp3) is 0.167. The average Bonchev–Trinajstić information content (AvgIpc) is 2.95. The maximum absolute atomic E-state index is 11.5. The van der Waals surface area contributed by atoms with Gasteiger partial charge in [0.05, 0.1) is 12.5 Å². The zero-order valence-electron chi connectivity index (χ0n) is 8.51. The maximum Gasteiger partial charge on any atom is 0.198 e. The fourth-order valence-electron chi connectivity index (χ4n) is 1.35. The molecule has 0 spiro atoms. The van der Waals surface area contributed by atoms with Gasteiger partial charge in [-0.1, -0.05) is 0 Å². The molecule has 0 amide bonds. The van der Waals surface area contributed by atoms with Gasteiger partial charge in [0, 0.05) is 12.8 Å². The number of hydrogen-bond acceptors (Lipinski definition) is 4. The summed E-state index contributed by atoms with van der Waals surface area (Å²) in [7, 11) is 0. The van der Waals surface area contributed by atoms with Crippen molar-refractivity contribution in [1.82, 2.24) is 0 Å². The fourth-order valence-corrected chi connectivity index (χ4v) is 1.35. The normalized spacial score (nSPS) is 10.2. The Morgan fingerprint density at radius 2 is 1.31 bits per heavy atom. The van der Waals surface area contributed by atoms with E-state index in [-0.39, 0.29) is 35.9 Å². The number of furan rings is 2. The van der Waals surface area contributed by atoms with Gasteiger partial charge in [-0.05, 0) is 24.3 Å². The summed E-state index contributed by atoms with van der Waals surface area (Å²) in [6.07, 6.45) is 3.13. The lowest BCUT2D eigenvalue weighted by atomic mass is 10.1. The highest BCUT2D eigenvalue weighted by molar-refractivity contribution is 5.99. The number of ketones is 2. The van der Waals surface area contributed by atoms with Crippen molar-refractivity contribution in [2.24, 2.45) is 0 Å². The minimum absolute atomic E-state index is 0.132. The van der Waals surface area contributed by atoms with Gasteiger partial charge in [0.1, 0.15) is 0 Å². The van der Waals surface area contributed by atoms with E-state index < -0.39 is 0 Å². The Labute approximate surface area is 91.9 Å². The van der Waals surface area contributed by atoms with Crippen molar-refractivity contribution in [2.45, 2.75) is 12.8 Å². The Bertz CT molecular complexity index is 419. The molecule has 0 aliphatic heterocycles. The highest BCUT2D eigenvalue weighted by atomic mass is 16.3. The number of Topliss-reactive ketones (excluding diaryl/α,β-unsaturated/α-hetero) is 2. The summed E-state index contributed by atoms with van der Waals surface area (Å²) < 4.78 is 9.87. The van der Waals surface area contributed by atoms with Gasteiger partial charge < -0.3 is 8.83 Å². The first kappa shape index (κ1) is 10.4. The minimum atomic E-state index is -0.176. The zero-order valence-corrected chi connectivity index (χ0v) is 8.51. The Morgan fingerprint density at radius 1 is 0.875 bits per heavy atom. The van der Waals surface area contributed by atoms with E-state index in [1.54, 1.807) is 24.3 Å². The Hall–Kier alpha value is -2.10. The van der Waals surface area contributed by atoms with Crippen LogP contribution in [0.1, 0.15) is 34.0 Å². The number of rotatable bonds is 5. The quantitative estimate of drug-likeness (QED) is 0.724. The van der Waals surface area contributed by atoms with Gasteiger partial charge in [-0.2, -0.15) is 0 Å². The molecule has 16 heavy (non-hydrogen) atoms. The van der Waals surface area contributed by atoms with E-state index >= 15 is 0 Å². The summed E-state index contributed by atoms with van der Waals surface area (Å²) in [4.78, 5) is 23.0. The second-order valence-electron chi connectivity index (χ2n) is 3.30. The standard InChI is InChI=1S/C12H10O4/c13-9(11-3-1-7-15-11)5-6-10(14)12-4-2-8-16-12/h1-4,7-8H,5-6H2. The minimum Gasteiger partial charge on any atom is -0.461 e. The van der Waals surface area contributed by atoms with E-state index in [0.717, 1.165) is 0 Å². The average molecular weight is 218 g/mol. The van der Waals surface area contributed by atoms with Crippen LogP contribution in [0.3, 0.4) is 0 Å². The summed E-state index contributed by atoms with van der Waals surface area (Å²) in [6.45, 7) is 0. The molecule has 2 aromatic rings. The summed E-state index contributed by atoms with van der Waals surface area (Å²) >= 11 is 0. The van der Waals surface area contributed by atoms with Crippen molar-refractivity contribution < 1.29 is 18.4 Å². The topological polar surface area (TPSA) is 60.4 Å². The molecule has 2 aromatic heterocycles. The van der Waals surface area contributed by atoms with Gasteiger partial charge in [-0.3, -0.25) is 9.59 Å². The van der Waals surface area contributed by atoms with Crippen LogP contribution in [-0.4, -0.2) is 11.6 Å². The molecule has 0 aliphatic rings. The molecule has 0 N–H and O–H groups in total. The summed E-state index contributed by atoms with van der Waals surface area (Å²) in [6, 6.07) is 6.45. The Balaban J connectivity index is 1.89. The highest BCUT2D eigenvalue weighted by Crippen LogP contribution is 2.10. The molecular formula is C12H10O4. The van der Waals surface area contributed by atoms with Crippen LogP contribution < -0.4 is 0 Å². The van der Waals surface area contributed by atoms with Crippen LogP contribution in [0.15, 0.2) is 45.6 Å². The molecule has 0 aliphatic carbocycles. The zero-order chi connectivity index (χ0) is 11.4. The molecule has 82 valence electrons. The molecule has 0 aromatic carbocycles. The molecule has 0 saturated carbocycles. The molecule has 0 fully saturated rings. The predicted octanol–water partition coefficient (Wildman–Crippen LogP) is 2.72. The second-order valence-corrected chi connectivity index (χ2v) is 3.30. The van der Waals surface area contributed by atoms with Crippen LogP contribution in [0.2, 0.25) is 0 Å². The molecule has 4 heteroatoms. The van der Waals surface area contributed by atoms with Gasteiger partial charge >= 0.3 is 0 Å². The van der Waals surface area contributed by atoms with E-state index in [0.29, 0.717) is 0 Å². The molecule has 4 nitrogen and oxygen atoms in total. The molecule has 0 atom stereocenters. The molecule has 0 unspecified atom stereocenters. The molecule has 0 radical (unpaired) electrons. The van der Waals surface area contributed by atoms with Crippen LogP contribution in [0.5, 0.6) is 0 Å². The lowest BCUT2D eigenvalue weighted by Gasteiger charge is -1.96. The third kappa shape index (κ3) is 2.28. The van der Waals surface area contributed by atoms with Crippen LogP contribution in [-0.2, 0) is 0 Å². The first-order valence-corrected chi connectivity index (χ1v) is 4.91. The molecule has 0 bridgehead atoms. The van der Waals surface area contributed by atoms with Gasteiger partial charge in [-0.15, -0.1) is 0 Å². The van der Waals surface area contributed by atoms with E-state index in [4.69, 9.17) is 8.83 Å². The van der Waals surface area contributed by atoms with Crippen LogP contribution in [0.25, 0.3) is 0 Å². The van der Waals surface area contributed by atoms with E-state index in [2.05, 4.69) is 0 Å². The third-order valence-corrected chi connectivity index (χ3v) is 2.17. The molecule has 2 heterocycles. The monoisotopic (exact) mass is 218 g/mol. The van der Waals surface area contributed by atoms with Crippen LogP contribution in [0, 0.1) is 0 Å². The number of carbonyl (C=O) groups excluding carboxylic acids is 2. The lowest BCUT2D eigenvalue weighted by Crippen LogP contribution is -2.03. The van der Waals surface area contributed by atoms with Gasteiger partial charge in [-0.25, -0.2) is 0 Å². The van der Waals surface area contributed by atoms with Gasteiger partial charge in [0.15, 0.2) is 23.1 Å². The van der Waals surface area contributed by atoms with Crippen molar-refractivity contribution in [3.63, 3.8) is 0 Å². The van der Waals surface area contributed by atoms with Gasteiger partial charge in [0.25, 0.3) is 0 Å². The van der Waals surface area contributed by atoms with Gasteiger partial charge in [0.2, 0.25) is 0 Å². The Kier molecular flexibility index (Phi) is 3.00. The van der Waals surface area contributed by atoms with Crippen molar-refractivity contribution in [1.29, 1.82) is 0 Å². The smallest absolute Gasteiger partial charge is 0.198 e.